The van der Waals surface area contributed by atoms with E-state index in [1.54, 1.807) is 28.9 Å². The van der Waals surface area contributed by atoms with Gasteiger partial charge in [-0.3, -0.25) is 14.3 Å². The zero-order valence-corrected chi connectivity index (χ0v) is 15.8. The summed E-state index contributed by atoms with van der Waals surface area (Å²) in [5.41, 5.74) is 0.735. The van der Waals surface area contributed by atoms with Gasteiger partial charge in [0.1, 0.15) is 5.69 Å². The Balaban J connectivity index is 1.95. The van der Waals surface area contributed by atoms with Crippen molar-refractivity contribution in [2.45, 2.75) is 20.3 Å². The molecule has 0 saturated carbocycles. The summed E-state index contributed by atoms with van der Waals surface area (Å²) in [6, 6.07) is 7.24. The number of carbonyl (C=O) groups excluding carboxylic acids is 1. The van der Waals surface area contributed by atoms with Crippen LogP contribution < -0.4 is 0 Å². The van der Waals surface area contributed by atoms with Crippen molar-refractivity contribution < 1.29 is 14.7 Å². The van der Waals surface area contributed by atoms with Crippen LogP contribution in [-0.2, 0) is 11.8 Å². The van der Waals surface area contributed by atoms with Gasteiger partial charge in [0.15, 0.2) is 0 Å². The Bertz CT molecular complexity index is 861. The second-order valence-electron chi connectivity index (χ2n) is 7.14. The Morgan fingerprint density at radius 1 is 1.31 bits per heavy atom. The number of likely N-dealkylation sites (tertiary alicyclic amines) is 1. The van der Waals surface area contributed by atoms with Crippen molar-refractivity contribution >= 4 is 23.5 Å². The van der Waals surface area contributed by atoms with Crippen molar-refractivity contribution in [2.75, 3.05) is 13.1 Å². The van der Waals surface area contributed by atoms with Gasteiger partial charge in [0.2, 0.25) is 0 Å². The zero-order chi connectivity index (χ0) is 19.1. The zero-order valence-electron chi connectivity index (χ0n) is 15.1. The van der Waals surface area contributed by atoms with E-state index < -0.39 is 11.4 Å². The number of rotatable bonds is 4. The summed E-state index contributed by atoms with van der Waals surface area (Å²) >= 11 is 6.28. The van der Waals surface area contributed by atoms with Gasteiger partial charge in [-0.15, -0.1) is 0 Å². The molecule has 1 aliphatic rings. The third kappa shape index (κ3) is 2.98. The molecule has 6 nitrogen and oxygen atoms in total. The van der Waals surface area contributed by atoms with Crippen LogP contribution in [0.4, 0.5) is 0 Å². The molecule has 3 rings (SSSR count). The lowest BCUT2D eigenvalue weighted by atomic mass is 9.76. The number of nitrogens with zero attached hydrogens (tertiary/aromatic N) is 3. The number of aliphatic carboxylic acids is 1. The SMILES string of the molecule is CC(C)C1(C(=O)O)CCN(C(=O)c2cn(C)nc2-c2ccccc2Cl)C1. The Morgan fingerprint density at radius 2 is 2.00 bits per heavy atom. The maximum Gasteiger partial charge on any atom is 0.311 e. The highest BCUT2D eigenvalue weighted by Crippen LogP contribution is 2.39. The summed E-state index contributed by atoms with van der Waals surface area (Å²) in [5, 5.41) is 14.6. The molecule has 1 N–H and O–H groups in total. The highest BCUT2D eigenvalue weighted by atomic mass is 35.5. The van der Waals surface area contributed by atoms with E-state index in [2.05, 4.69) is 5.10 Å². The van der Waals surface area contributed by atoms with Crippen LogP contribution in [0.1, 0.15) is 30.6 Å². The fourth-order valence-electron chi connectivity index (χ4n) is 3.57. The van der Waals surface area contributed by atoms with Crippen LogP contribution in [0.3, 0.4) is 0 Å². The summed E-state index contributed by atoms with van der Waals surface area (Å²) in [6.45, 7) is 4.40. The van der Waals surface area contributed by atoms with Gasteiger partial charge < -0.3 is 10.0 Å². The van der Waals surface area contributed by atoms with E-state index in [1.807, 2.05) is 32.0 Å². The molecule has 0 spiro atoms. The van der Waals surface area contributed by atoms with Gasteiger partial charge in [0.25, 0.3) is 5.91 Å². The fraction of sp³-hybridized carbons (Fsp3) is 0.421. The number of carboxylic acid groups (broad SMARTS) is 1. The van der Waals surface area contributed by atoms with Crippen LogP contribution in [-0.4, -0.2) is 44.8 Å². The maximum atomic E-state index is 13.1. The number of hydrogen-bond donors (Lipinski definition) is 1. The molecule has 1 saturated heterocycles. The van der Waals surface area contributed by atoms with Crippen molar-refractivity contribution in [3.63, 3.8) is 0 Å². The first-order valence-corrected chi connectivity index (χ1v) is 8.95. The summed E-state index contributed by atoms with van der Waals surface area (Å²) in [7, 11) is 1.75. The molecular formula is C19H22ClN3O3. The molecule has 26 heavy (non-hydrogen) atoms. The molecule has 2 heterocycles. The molecule has 0 bridgehead atoms. The van der Waals surface area contributed by atoms with Crippen LogP contribution in [0, 0.1) is 11.3 Å². The van der Waals surface area contributed by atoms with Gasteiger partial charge in [-0.05, 0) is 18.4 Å². The quantitative estimate of drug-likeness (QED) is 0.889. The van der Waals surface area contributed by atoms with Gasteiger partial charge in [0.05, 0.1) is 16.0 Å². The minimum Gasteiger partial charge on any atom is -0.481 e. The third-order valence-electron chi connectivity index (χ3n) is 5.31. The van der Waals surface area contributed by atoms with E-state index >= 15 is 0 Å². The number of benzene rings is 1. The molecule has 138 valence electrons. The van der Waals surface area contributed by atoms with Gasteiger partial charge in [-0.2, -0.15) is 5.10 Å². The fourth-order valence-corrected chi connectivity index (χ4v) is 3.79. The normalized spacial score (nSPS) is 20.0. The van der Waals surface area contributed by atoms with E-state index in [4.69, 9.17) is 11.6 Å². The highest BCUT2D eigenvalue weighted by molar-refractivity contribution is 6.33. The molecule has 1 atom stereocenters. The predicted molar refractivity (Wildman–Crippen MR) is 99.1 cm³/mol. The van der Waals surface area contributed by atoms with E-state index in [9.17, 15) is 14.7 Å². The van der Waals surface area contributed by atoms with Gasteiger partial charge in [0, 0.05) is 31.9 Å². The number of carboxylic acids is 1. The number of amides is 1. The van der Waals surface area contributed by atoms with Gasteiger partial charge >= 0.3 is 5.97 Å². The average molecular weight is 376 g/mol. The topological polar surface area (TPSA) is 75.4 Å². The van der Waals surface area contributed by atoms with Gasteiger partial charge in [-0.1, -0.05) is 43.6 Å². The number of halogens is 1. The third-order valence-corrected chi connectivity index (χ3v) is 5.64. The molecule has 1 aliphatic heterocycles. The molecule has 1 fully saturated rings. The second-order valence-corrected chi connectivity index (χ2v) is 7.54. The van der Waals surface area contributed by atoms with Crippen LogP contribution in [0.5, 0.6) is 0 Å². The first kappa shape index (κ1) is 18.5. The van der Waals surface area contributed by atoms with Crippen LogP contribution in [0.2, 0.25) is 5.02 Å². The summed E-state index contributed by atoms with van der Waals surface area (Å²) in [6.07, 6.45) is 2.12. The minimum absolute atomic E-state index is 0.0604. The largest absolute Gasteiger partial charge is 0.481 e. The second kappa shape index (κ2) is 6.76. The standard InChI is InChI=1S/C19H22ClN3O3/c1-12(2)19(18(25)26)8-9-23(11-19)17(24)14-10-22(3)21-16(14)13-6-4-5-7-15(13)20/h4-7,10,12H,8-9,11H2,1-3H3,(H,25,26). The van der Waals surface area contributed by atoms with Crippen molar-refractivity contribution in [2.24, 2.45) is 18.4 Å². The molecule has 7 heteroatoms. The lowest BCUT2D eigenvalue weighted by Gasteiger charge is -2.28. The number of carbonyl (C=O) groups is 2. The Labute approximate surface area is 157 Å². The smallest absolute Gasteiger partial charge is 0.311 e. The first-order chi connectivity index (χ1) is 12.3. The lowest BCUT2D eigenvalue weighted by molar-refractivity contribution is -0.150. The number of aryl methyl sites for hydroxylation is 1. The number of aromatic nitrogens is 2. The lowest BCUT2D eigenvalue weighted by Crippen LogP contribution is -2.40. The molecule has 0 radical (unpaired) electrons. The first-order valence-electron chi connectivity index (χ1n) is 8.57. The Hall–Kier alpha value is -2.34. The predicted octanol–water partition coefficient (Wildman–Crippen LogP) is 3.31. The van der Waals surface area contributed by atoms with Gasteiger partial charge in [-0.25, -0.2) is 0 Å². The average Bonchev–Trinajstić information content (AvgIpc) is 3.19. The van der Waals surface area contributed by atoms with Crippen molar-refractivity contribution in [1.82, 2.24) is 14.7 Å². The maximum absolute atomic E-state index is 13.1. The van der Waals surface area contributed by atoms with Crippen LogP contribution >= 0.6 is 11.6 Å². The van der Waals surface area contributed by atoms with E-state index in [0.29, 0.717) is 34.8 Å². The number of hydrogen-bond acceptors (Lipinski definition) is 3. The van der Waals surface area contributed by atoms with E-state index in [0.717, 1.165) is 0 Å². The Kier molecular flexibility index (Phi) is 4.80. The molecule has 0 aliphatic carbocycles. The summed E-state index contributed by atoms with van der Waals surface area (Å²) in [4.78, 5) is 26.6. The minimum atomic E-state index is -0.900. The van der Waals surface area contributed by atoms with Crippen LogP contribution in [0.25, 0.3) is 11.3 Å². The monoisotopic (exact) mass is 375 g/mol. The van der Waals surface area contributed by atoms with Crippen molar-refractivity contribution in [3.8, 4) is 11.3 Å². The molecule has 1 aromatic heterocycles. The molecule has 1 unspecified atom stereocenters. The molecule has 1 aromatic carbocycles. The highest BCUT2D eigenvalue weighted by Gasteiger charge is 2.48. The summed E-state index contributed by atoms with van der Waals surface area (Å²) in [5.74, 6) is -1.12. The summed E-state index contributed by atoms with van der Waals surface area (Å²) < 4.78 is 1.58. The van der Waals surface area contributed by atoms with Crippen molar-refractivity contribution in [1.29, 1.82) is 0 Å². The van der Waals surface area contributed by atoms with Crippen LogP contribution in [0.15, 0.2) is 30.5 Å². The van der Waals surface area contributed by atoms with Crippen molar-refractivity contribution in [3.05, 3.63) is 41.0 Å². The molecular weight excluding hydrogens is 354 g/mol. The van der Waals surface area contributed by atoms with E-state index in [-0.39, 0.29) is 18.4 Å². The van der Waals surface area contributed by atoms with E-state index in [1.165, 1.54) is 0 Å². The molecule has 2 aromatic rings. The molecule has 1 amide bonds. The Morgan fingerprint density at radius 3 is 2.58 bits per heavy atom.